The molecule has 0 aromatic carbocycles. The molecule has 2 aliphatic carbocycles. The van der Waals surface area contributed by atoms with Crippen molar-refractivity contribution < 1.29 is 0 Å². The molecule has 0 saturated heterocycles. The molecule has 0 aliphatic heterocycles. The Morgan fingerprint density at radius 1 is 1.40 bits per heavy atom. The topological polar surface area (TPSA) is 24.1 Å². The molecule has 2 nitrogen and oxygen atoms in total. The van der Waals surface area contributed by atoms with Crippen molar-refractivity contribution in [3.63, 3.8) is 0 Å². The average Bonchev–Trinajstić information content (AvgIpc) is 2.78. The van der Waals surface area contributed by atoms with Gasteiger partial charge in [-0.1, -0.05) is 6.42 Å². The average molecular weight is 226 g/mol. The third-order valence-electron chi connectivity index (χ3n) is 4.13. The minimum Gasteiger partial charge on any atom is -0.363 e. The lowest BCUT2D eigenvalue weighted by Crippen LogP contribution is -2.45. The van der Waals surface area contributed by atoms with E-state index in [1.165, 1.54) is 25.7 Å². The highest BCUT2D eigenvalue weighted by Gasteiger charge is 2.41. The molecule has 0 spiro atoms. The fourth-order valence-corrected chi connectivity index (χ4v) is 3.76. The molecule has 2 rings (SSSR count). The van der Waals surface area contributed by atoms with Crippen LogP contribution < -0.4 is 10.6 Å². The molecule has 2 N–H and O–H groups in total. The third kappa shape index (κ3) is 2.44. The first kappa shape index (κ1) is 11.2. The molecular weight excluding hydrogens is 204 g/mol. The Morgan fingerprint density at radius 3 is 2.73 bits per heavy atom. The molecule has 0 aromatic rings. The monoisotopic (exact) mass is 226 g/mol. The van der Waals surface area contributed by atoms with E-state index in [2.05, 4.69) is 24.5 Å². The first-order chi connectivity index (χ1) is 7.20. The normalized spacial score (nSPS) is 35.2. The van der Waals surface area contributed by atoms with Gasteiger partial charge in [-0.15, -0.1) is 0 Å². The number of hydrogen-bond donors (Lipinski definition) is 2. The molecular formula is C12H22N2S. The van der Waals surface area contributed by atoms with Gasteiger partial charge in [0, 0.05) is 12.6 Å². The zero-order valence-electron chi connectivity index (χ0n) is 9.75. The van der Waals surface area contributed by atoms with Gasteiger partial charge < -0.3 is 10.6 Å². The van der Waals surface area contributed by atoms with Gasteiger partial charge in [0.2, 0.25) is 0 Å². The second kappa shape index (κ2) is 4.69. The standard InChI is InChI=1S/C12H22N2S/c1-3-13-12(15)14-8(2)11-7-9-4-5-10(11)6-9/h8-11H,3-7H2,1-2H3,(H2,13,14,15). The molecule has 2 saturated carbocycles. The van der Waals surface area contributed by atoms with Gasteiger partial charge in [-0.25, -0.2) is 0 Å². The van der Waals surface area contributed by atoms with E-state index in [1.807, 2.05) is 0 Å². The molecule has 2 aliphatic rings. The van der Waals surface area contributed by atoms with E-state index in [9.17, 15) is 0 Å². The first-order valence-corrected chi connectivity index (χ1v) is 6.66. The van der Waals surface area contributed by atoms with Crippen molar-refractivity contribution >= 4 is 17.3 Å². The smallest absolute Gasteiger partial charge is 0.166 e. The zero-order valence-corrected chi connectivity index (χ0v) is 10.6. The van der Waals surface area contributed by atoms with Crippen molar-refractivity contribution in [2.75, 3.05) is 6.54 Å². The molecule has 3 heteroatoms. The van der Waals surface area contributed by atoms with Gasteiger partial charge in [0.25, 0.3) is 0 Å². The van der Waals surface area contributed by atoms with E-state index in [1.54, 1.807) is 0 Å². The summed E-state index contributed by atoms with van der Waals surface area (Å²) in [6, 6.07) is 0.548. The Hall–Kier alpha value is -0.310. The number of hydrogen-bond acceptors (Lipinski definition) is 1. The highest BCUT2D eigenvalue weighted by Crippen LogP contribution is 2.49. The molecule has 2 fully saturated rings. The van der Waals surface area contributed by atoms with Crippen LogP contribution in [0, 0.1) is 17.8 Å². The summed E-state index contributed by atoms with van der Waals surface area (Å²) < 4.78 is 0. The molecule has 4 unspecified atom stereocenters. The van der Waals surface area contributed by atoms with Crippen molar-refractivity contribution in [3.05, 3.63) is 0 Å². The van der Waals surface area contributed by atoms with Crippen LogP contribution in [0.4, 0.5) is 0 Å². The van der Waals surface area contributed by atoms with E-state index >= 15 is 0 Å². The summed E-state index contributed by atoms with van der Waals surface area (Å²) in [5, 5.41) is 7.42. The third-order valence-corrected chi connectivity index (χ3v) is 4.39. The van der Waals surface area contributed by atoms with Crippen LogP contribution in [0.1, 0.15) is 39.5 Å². The molecule has 4 atom stereocenters. The Balaban J connectivity index is 1.81. The van der Waals surface area contributed by atoms with Crippen molar-refractivity contribution in [1.29, 1.82) is 0 Å². The lowest BCUT2D eigenvalue weighted by molar-refractivity contribution is 0.278. The van der Waals surface area contributed by atoms with Crippen LogP contribution in [-0.4, -0.2) is 17.7 Å². The van der Waals surface area contributed by atoms with E-state index < -0.39 is 0 Å². The van der Waals surface area contributed by atoms with Crippen molar-refractivity contribution in [1.82, 2.24) is 10.6 Å². The van der Waals surface area contributed by atoms with Gasteiger partial charge in [0.15, 0.2) is 5.11 Å². The van der Waals surface area contributed by atoms with Crippen LogP contribution in [0.5, 0.6) is 0 Å². The lowest BCUT2D eigenvalue weighted by atomic mass is 9.84. The van der Waals surface area contributed by atoms with Crippen LogP contribution in [0.25, 0.3) is 0 Å². The summed E-state index contributed by atoms with van der Waals surface area (Å²) in [5.41, 5.74) is 0. The molecule has 2 bridgehead atoms. The summed E-state index contributed by atoms with van der Waals surface area (Å²) in [4.78, 5) is 0. The summed E-state index contributed by atoms with van der Waals surface area (Å²) in [6.07, 6.45) is 5.83. The summed E-state index contributed by atoms with van der Waals surface area (Å²) in [6.45, 7) is 5.28. The van der Waals surface area contributed by atoms with E-state index in [4.69, 9.17) is 12.2 Å². The Labute approximate surface area is 98.2 Å². The fraction of sp³-hybridized carbons (Fsp3) is 0.917. The maximum Gasteiger partial charge on any atom is 0.166 e. The Morgan fingerprint density at radius 2 is 2.20 bits per heavy atom. The van der Waals surface area contributed by atoms with Crippen molar-refractivity contribution in [3.8, 4) is 0 Å². The van der Waals surface area contributed by atoms with Crippen molar-refractivity contribution in [2.24, 2.45) is 17.8 Å². The number of thiocarbonyl (C=S) groups is 1. The van der Waals surface area contributed by atoms with E-state index in [0.29, 0.717) is 6.04 Å². The largest absolute Gasteiger partial charge is 0.363 e. The molecule has 15 heavy (non-hydrogen) atoms. The van der Waals surface area contributed by atoms with Crippen LogP contribution >= 0.6 is 12.2 Å². The molecule has 86 valence electrons. The van der Waals surface area contributed by atoms with E-state index in [-0.39, 0.29) is 0 Å². The maximum absolute atomic E-state index is 5.23. The van der Waals surface area contributed by atoms with Gasteiger partial charge in [0.1, 0.15) is 0 Å². The highest BCUT2D eigenvalue weighted by molar-refractivity contribution is 7.80. The van der Waals surface area contributed by atoms with Gasteiger partial charge >= 0.3 is 0 Å². The van der Waals surface area contributed by atoms with Crippen molar-refractivity contribution in [2.45, 2.75) is 45.6 Å². The number of rotatable bonds is 3. The Kier molecular flexibility index (Phi) is 3.49. The summed E-state index contributed by atoms with van der Waals surface area (Å²) in [7, 11) is 0. The molecule has 0 heterocycles. The maximum atomic E-state index is 5.23. The number of nitrogens with one attached hydrogen (secondary N) is 2. The second-order valence-corrected chi connectivity index (χ2v) is 5.54. The van der Waals surface area contributed by atoms with Gasteiger partial charge in [-0.2, -0.15) is 0 Å². The van der Waals surface area contributed by atoms with Crippen LogP contribution in [0.2, 0.25) is 0 Å². The molecule has 0 radical (unpaired) electrons. The predicted molar refractivity (Wildman–Crippen MR) is 67.8 cm³/mol. The lowest BCUT2D eigenvalue weighted by Gasteiger charge is -2.29. The molecule has 0 aromatic heterocycles. The van der Waals surface area contributed by atoms with Crippen LogP contribution in [-0.2, 0) is 0 Å². The fourth-order valence-electron chi connectivity index (χ4n) is 3.43. The zero-order chi connectivity index (χ0) is 10.8. The Bertz CT molecular complexity index is 242. The first-order valence-electron chi connectivity index (χ1n) is 6.25. The van der Waals surface area contributed by atoms with Gasteiger partial charge in [-0.05, 0) is 63.1 Å². The molecule has 0 amide bonds. The predicted octanol–water partition coefficient (Wildman–Crippen LogP) is 2.30. The van der Waals surface area contributed by atoms with Crippen LogP contribution in [0.15, 0.2) is 0 Å². The van der Waals surface area contributed by atoms with Gasteiger partial charge in [0.05, 0.1) is 0 Å². The summed E-state index contributed by atoms with van der Waals surface area (Å²) in [5.74, 6) is 2.86. The van der Waals surface area contributed by atoms with E-state index in [0.717, 1.165) is 29.4 Å². The minimum absolute atomic E-state index is 0.548. The van der Waals surface area contributed by atoms with Crippen LogP contribution in [0.3, 0.4) is 0 Å². The highest BCUT2D eigenvalue weighted by atomic mass is 32.1. The summed E-state index contributed by atoms with van der Waals surface area (Å²) >= 11 is 5.23. The SMILES string of the molecule is CCNC(=S)NC(C)C1CC2CCC1C2. The second-order valence-electron chi connectivity index (χ2n) is 5.13. The minimum atomic E-state index is 0.548. The number of fused-ring (bicyclic) bond motifs is 2. The van der Waals surface area contributed by atoms with Gasteiger partial charge in [-0.3, -0.25) is 0 Å². The quantitative estimate of drug-likeness (QED) is 0.722.